The molecule has 2 aromatic rings. The number of carbonyl (C=O) groups is 1. The molecule has 0 aliphatic carbocycles. The highest BCUT2D eigenvalue weighted by Crippen LogP contribution is 2.31. The molecule has 4 nitrogen and oxygen atoms in total. The number of hydrogen-bond acceptors (Lipinski definition) is 2. The van der Waals surface area contributed by atoms with Gasteiger partial charge in [-0.1, -0.05) is 12.1 Å². The monoisotopic (exact) mass is 298 g/mol. The first-order chi connectivity index (χ1) is 9.62. The summed E-state index contributed by atoms with van der Waals surface area (Å²) >= 11 is 0. The molecule has 0 amide bonds. The van der Waals surface area contributed by atoms with Crippen molar-refractivity contribution in [2.24, 2.45) is 0 Å². The number of nitrogens with zero attached hydrogens (tertiary/aromatic N) is 2. The fourth-order valence-corrected chi connectivity index (χ4v) is 1.73. The number of benzene rings is 1. The van der Waals surface area contributed by atoms with Gasteiger partial charge in [-0.2, -0.15) is 18.3 Å². The molecule has 0 radical (unpaired) electrons. The van der Waals surface area contributed by atoms with E-state index in [1.165, 1.54) is 43.1 Å². The minimum Gasteiger partial charge on any atom is -0.479 e. The van der Waals surface area contributed by atoms with Gasteiger partial charge in [0.15, 0.2) is 5.54 Å². The Morgan fingerprint density at radius 1 is 1.14 bits per heavy atom. The first kappa shape index (κ1) is 15.1. The normalized spacial score (nSPS) is 12.4. The van der Waals surface area contributed by atoms with Crippen LogP contribution in [0, 0.1) is 0 Å². The third-order valence-corrected chi connectivity index (χ3v) is 3.22. The van der Waals surface area contributed by atoms with Crippen molar-refractivity contribution >= 4 is 5.97 Å². The SMILES string of the molecule is CC(C)(C(=O)O)n1cc(-c2ccc(C(F)(F)F)cc2)cn1. The van der Waals surface area contributed by atoms with E-state index in [4.69, 9.17) is 5.11 Å². The summed E-state index contributed by atoms with van der Waals surface area (Å²) in [7, 11) is 0. The molecule has 0 fully saturated rings. The summed E-state index contributed by atoms with van der Waals surface area (Å²) in [5, 5.41) is 13.1. The molecule has 0 bridgehead atoms. The van der Waals surface area contributed by atoms with Gasteiger partial charge in [0.1, 0.15) is 0 Å². The van der Waals surface area contributed by atoms with Crippen LogP contribution in [0.2, 0.25) is 0 Å². The van der Waals surface area contributed by atoms with Crippen molar-refractivity contribution in [1.82, 2.24) is 9.78 Å². The zero-order valence-electron chi connectivity index (χ0n) is 11.3. The Kier molecular flexibility index (Phi) is 3.52. The Bertz CT molecular complexity index is 658. The fraction of sp³-hybridized carbons (Fsp3) is 0.286. The van der Waals surface area contributed by atoms with E-state index in [-0.39, 0.29) is 0 Å². The largest absolute Gasteiger partial charge is 0.479 e. The highest BCUT2D eigenvalue weighted by Gasteiger charge is 2.31. The molecule has 1 heterocycles. The Hall–Kier alpha value is -2.31. The van der Waals surface area contributed by atoms with Crippen molar-refractivity contribution in [2.45, 2.75) is 25.6 Å². The molecule has 0 aliphatic rings. The van der Waals surface area contributed by atoms with Crippen molar-refractivity contribution in [2.75, 3.05) is 0 Å². The van der Waals surface area contributed by atoms with Crippen LogP contribution in [0.4, 0.5) is 13.2 Å². The molecule has 0 aliphatic heterocycles. The second-order valence-corrected chi connectivity index (χ2v) is 5.11. The van der Waals surface area contributed by atoms with E-state index in [0.29, 0.717) is 11.1 Å². The van der Waals surface area contributed by atoms with Crippen LogP contribution in [-0.4, -0.2) is 20.9 Å². The van der Waals surface area contributed by atoms with E-state index < -0.39 is 23.2 Å². The summed E-state index contributed by atoms with van der Waals surface area (Å²) in [5.41, 5.74) is -0.873. The highest BCUT2D eigenvalue weighted by atomic mass is 19.4. The van der Waals surface area contributed by atoms with Gasteiger partial charge in [-0.3, -0.25) is 4.68 Å². The molecule has 0 saturated carbocycles. The van der Waals surface area contributed by atoms with Crippen LogP contribution in [0.1, 0.15) is 19.4 Å². The van der Waals surface area contributed by atoms with Crippen LogP contribution in [-0.2, 0) is 16.5 Å². The van der Waals surface area contributed by atoms with Crippen molar-refractivity contribution in [1.29, 1.82) is 0 Å². The van der Waals surface area contributed by atoms with Gasteiger partial charge in [0.05, 0.1) is 11.8 Å². The third kappa shape index (κ3) is 2.91. The van der Waals surface area contributed by atoms with Gasteiger partial charge in [0.25, 0.3) is 0 Å². The molecule has 0 saturated heterocycles. The lowest BCUT2D eigenvalue weighted by Crippen LogP contribution is -2.35. The first-order valence-electron chi connectivity index (χ1n) is 6.08. The summed E-state index contributed by atoms with van der Waals surface area (Å²) in [6, 6.07) is 4.62. The predicted octanol–water partition coefficient (Wildman–Crippen LogP) is 3.39. The molecule has 0 unspecified atom stereocenters. The van der Waals surface area contributed by atoms with Crippen molar-refractivity contribution < 1.29 is 23.1 Å². The van der Waals surface area contributed by atoms with E-state index in [1.807, 2.05) is 0 Å². The van der Waals surface area contributed by atoms with Crippen LogP contribution in [0.25, 0.3) is 11.1 Å². The Labute approximate surface area is 118 Å². The molecule has 112 valence electrons. The van der Waals surface area contributed by atoms with Crippen LogP contribution in [0.15, 0.2) is 36.7 Å². The molecule has 1 N–H and O–H groups in total. The molecular weight excluding hydrogens is 285 g/mol. The Balaban J connectivity index is 2.32. The summed E-state index contributed by atoms with van der Waals surface area (Å²) in [6.07, 6.45) is -1.46. The quantitative estimate of drug-likeness (QED) is 0.945. The van der Waals surface area contributed by atoms with E-state index in [2.05, 4.69) is 5.10 Å². The van der Waals surface area contributed by atoms with E-state index in [9.17, 15) is 18.0 Å². The molecule has 7 heteroatoms. The van der Waals surface area contributed by atoms with Crippen molar-refractivity contribution in [3.05, 3.63) is 42.2 Å². The molecule has 21 heavy (non-hydrogen) atoms. The maximum atomic E-state index is 12.5. The lowest BCUT2D eigenvalue weighted by molar-refractivity contribution is -0.146. The average molecular weight is 298 g/mol. The van der Waals surface area contributed by atoms with Crippen LogP contribution >= 0.6 is 0 Å². The van der Waals surface area contributed by atoms with Crippen molar-refractivity contribution in [3.8, 4) is 11.1 Å². The van der Waals surface area contributed by atoms with E-state index in [1.54, 1.807) is 0 Å². The summed E-state index contributed by atoms with van der Waals surface area (Å²) in [5.74, 6) is -1.05. The molecule has 0 spiro atoms. The number of halogens is 3. The van der Waals surface area contributed by atoms with Gasteiger partial charge in [-0.15, -0.1) is 0 Å². The van der Waals surface area contributed by atoms with Crippen LogP contribution in [0.5, 0.6) is 0 Å². The molecular formula is C14H13F3N2O2. The number of aromatic nitrogens is 2. The van der Waals surface area contributed by atoms with Crippen LogP contribution < -0.4 is 0 Å². The smallest absolute Gasteiger partial charge is 0.416 e. The predicted molar refractivity (Wildman–Crippen MR) is 69.6 cm³/mol. The number of rotatable bonds is 3. The van der Waals surface area contributed by atoms with Gasteiger partial charge < -0.3 is 5.11 Å². The van der Waals surface area contributed by atoms with E-state index in [0.717, 1.165) is 12.1 Å². The van der Waals surface area contributed by atoms with Gasteiger partial charge in [-0.25, -0.2) is 4.79 Å². The summed E-state index contributed by atoms with van der Waals surface area (Å²) in [4.78, 5) is 11.1. The molecule has 2 rings (SSSR count). The number of aliphatic carboxylic acids is 1. The average Bonchev–Trinajstić information content (AvgIpc) is 2.88. The van der Waals surface area contributed by atoms with Crippen LogP contribution in [0.3, 0.4) is 0 Å². The number of carboxylic acids is 1. The van der Waals surface area contributed by atoms with Gasteiger partial charge >= 0.3 is 12.1 Å². The zero-order valence-corrected chi connectivity index (χ0v) is 11.3. The van der Waals surface area contributed by atoms with Crippen molar-refractivity contribution in [3.63, 3.8) is 0 Å². The maximum absolute atomic E-state index is 12.5. The molecule has 1 aromatic carbocycles. The third-order valence-electron chi connectivity index (χ3n) is 3.22. The van der Waals surface area contributed by atoms with Gasteiger partial charge in [0, 0.05) is 11.8 Å². The summed E-state index contributed by atoms with van der Waals surface area (Å²) < 4.78 is 38.7. The van der Waals surface area contributed by atoms with Gasteiger partial charge in [0.2, 0.25) is 0 Å². The zero-order chi connectivity index (χ0) is 15.8. The Morgan fingerprint density at radius 2 is 1.71 bits per heavy atom. The number of carboxylic acid groups (broad SMARTS) is 1. The van der Waals surface area contributed by atoms with Gasteiger partial charge in [-0.05, 0) is 31.5 Å². The Morgan fingerprint density at radius 3 is 2.19 bits per heavy atom. The van der Waals surface area contributed by atoms with E-state index >= 15 is 0 Å². The first-order valence-corrected chi connectivity index (χ1v) is 6.08. The number of hydrogen-bond donors (Lipinski definition) is 1. The minimum atomic E-state index is -4.38. The standard InChI is InChI=1S/C14H13F3N2O2/c1-13(2,12(20)21)19-8-10(7-18-19)9-3-5-11(6-4-9)14(15,16)17/h3-8H,1-2H3,(H,20,21). The lowest BCUT2D eigenvalue weighted by Gasteiger charge is -2.19. The molecule has 1 aromatic heterocycles. The lowest BCUT2D eigenvalue weighted by atomic mass is 10.1. The highest BCUT2D eigenvalue weighted by molar-refractivity contribution is 5.75. The minimum absolute atomic E-state index is 0.537. The summed E-state index contributed by atoms with van der Waals surface area (Å²) in [6.45, 7) is 2.97. The molecule has 0 atom stereocenters. The second-order valence-electron chi connectivity index (χ2n) is 5.11. The fourth-order valence-electron chi connectivity index (χ4n) is 1.73. The maximum Gasteiger partial charge on any atom is 0.416 e. The topological polar surface area (TPSA) is 55.1 Å². The second kappa shape index (κ2) is 4.91. The number of alkyl halides is 3.